The van der Waals surface area contributed by atoms with Crippen LogP contribution in [-0.4, -0.2) is 42.2 Å². The Morgan fingerprint density at radius 3 is 2.40 bits per heavy atom. The van der Waals surface area contributed by atoms with E-state index < -0.39 is 15.9 Å². The van der Waals surface area contributed by atoms with Crippen LogP contribution in [0.25, 0.3) is 10.2 Å². The molecule has 0 spiro atoms. The third-order valence-electron chi connectivity index (χ3n) is 5.75. The van der Waals surface area contributed by atoms with Crippen molar-refractivity contribution in [3.8, 4) is 12.3 Å². The van der Waals surface area contributed by atoms with Gasteiger partial charge in [0.25, 0.3) is 5.91 Å². The summed E-state index contributed by atoms with van der Waals surface area (Å²) in [6.07, 6.45) is 9.31. The van der Waals surface area contributed by atoms with E-state index in [2.05, 4.69) is 16.2 Å². The first-order valence-electron chi connectivity index (χ1n) is 11.3. The van der Waals surface area contributed by atoms with Crippen LogP contribution in [0.3, 0.4) is 0 Å². The normalized spacial score (nSPS) is 15.5. The van der Waals surface area contributed by atoms with Crippen LogP contribution in [-0.2, 0) is 21.4 Å². The van der Waals surface area contributed by atoms with Crippen LogP contribution >= 0.6 is 11.3 Å². The lowest BCUT2D eigenvalue weighted by Gasteiger charge is -2.19. The molecule has 0 unspecified atom stereocenters. The van der Waals surface area contributed by atoms with Gasteiger partial charge in [0.15, 0.2) is 4.80 Å². The molecule has 0 bridgehead atoms. The highest BCUT2D eigenvalue weighted by molar-refractivity contribution is 7.89. The molecule has 2 amide bonds. The molecular weight excluding hydrogens is 484 g/mol. The van der Waals surface area contributed by atoms with Gasteiger partial charge >= 0.3 is 0 Å². The number of carbonyl (C=O) groups excluding carboxylic acids is 2. The van der Waals surface area contributed by atoms with Crippen molar-refractivity contribution in [2.24, 2.45) is 4.99 Å². The van der Waals surface area contributed by atoms with Crippen LogP contribution < -0.4 is 10.1 Å². The van der Waals surface area contributed by atoms with Crippen LogP contribution in [0.1, 0.15) is 43.0 Å². The van der Waals surface area contributed by atoms with Gasteiger partial charge in [0.05, 0.1) is 21.7 Å². The second kappa shape index (κ2) is 10.6. The standard InChI is InChI=1S/C25H26N4O4S2/c1-3-14-29-22-13-10-20(26-18(2)30)17-23(22)34-25(29)27-24(31)19-8-11-21(12-9-19)35(32,33)28-15-6-4-5-7-16-28/h1,8-13,17H,4-7,14-16H2,2H3,(H,26,30). The van der Waals surface area contributed by atoms with Gasteiger partial charge in [-0.1, -0.05) is 30.1 Å². The number of nitrogens with one attached hydrogen (secondary N) is 1. The first-order chi connectivity index (χ1) is 16.8. The third-order valence-corrected chi connectivity index (χ3v) is 8.71. The highest BCUT2D eigenvalue weighted by Crippen LogP contribution is 2.23. The van der Waals surface area contributed by atoms with Gasteiger partial charge in [-0.15, -0.1) is 6.42 Å². The molecule has 1 aromatic heterocycles. The summed E-state index contributed by atoms with van der Waals surface area (Å²) >= 11 is 1.28. The van der Waals surface area contributed by atoms with E-state index in [1.807, 2.05) is 6.07 Å². The van der Waals surface area contributed by atoms with Gasteiger partial charge in [0, 0.05) is 31.3 Å². The van der Waals surface area contributed by atoms with Crippen LogP contribution in [0, 0.1) is 12.3 Å². The molecule has 35 heavy (non-hydrogen) atoms. The van der Waals surface area contributed by atoms with E-state index in [1.165, 1.54) is 46.8 Å². The number of nitrogens with zero attached hydrogens (tertiary/aromatic N) is 3. The predicted molar refractivity (Wildman–Crippen MR) is 137 cm³/mol. The number of aromatic nitrogens is 1. The zero-order chi connectivity index (χ0) is 25.0. The minimum Gasteiger partial charge on any atom is -0.326 e. The Morgan fingerprint density at radius 1 is 1.09 bits per heavy atom. The number of thiazole rings is 1. The molecular formula is C25H26N4O4S2. The van der Waals surface area contributed by atoms with Crippen molar-refractivity contribution in [3.63, 3.8) is 0 Å². The fourth-order valence-corrected chi connectivity index (χ4v) is 6.62. The van der Waals surface area contributed by atoms with Gasteiger partial charge in [0.2, 0.25) is 15.9 Å². The van der Waals surface area contributed by atoms with Gasteiger partial charge in [-0.2, -0.15) is 9.30 Å². The lowest BCUT2D eigenvalue weighted by molar-refractivity contribution is -0.114. The Kier molecular flexibility index (Phi) is 7.50. The van der Waals surface area contributed by atoms with Crippen LogP contribution in [0.15, 0.2) is 52.4 Å². The summed E-state index contributed by atoms with van der Waals surface area (Å²) in [4.78, 5) is 29.2. The monoisotopic (exact) mass is 510 g/mol. The number of carbonyl (C=O) groups is 2. The van der Waals surface area contributed by atoms with Crippen molar-refractivity contribution in [2.75, 3.05) is 18.4 Å². The number of fused-ring (bicyclic) bond motifs is 1. The second-order valence-electron chi connectivity index (χ2n) is 8.30. The lowest BCUT2D eigenvalue weighted by atomic mass is 10.2. The summed E-state index contributed by atoms with van der Waals surface area (Å²) in [5.41, 5.74) is 1.72. The maximum atomic E-state index is 13.0. The Hall–Kier alpha value is -3.26. The molecule has 182 valence electrons. The van der Waals surface area contributed by atoms with Crippen LogP contribution in [0.4, 0.5) is 5.69 Å². The highest BCUT2D eigenvalue weighted by Gasteiger charge is 2.25. The van der Waals surface area contributed by atoms with E-state index in [-0.39, 0.29) is 22.9 Å². The molecule has 1 aliphatic rings. The molecule has 2 heterocycles. The molecule has 10 heteroatoms. The number of anilines is 1. The Labute approximate surface area is 208 Å². The fraction of sp³-hybridized carbons (Fsp3) is 0.320. The number of benzene rings is 2. The molecule has 1 aliphatic heterocycles. The van der Waals surface area contributed by atoms with Gasteiger partial charge in [0.1, 0.15) is 0 Å². The van der Waals surface area contributed by atoms with Crippen LogP contribution in [0.5, 0.6) is 0 Å². The van der Waals surface area contributed by atoms with E-state index in [0.717, 1.165) is 35.9 Å². The summed E-state index contributed by atoms with van der Waals surface area (Å²) < 4.78 is 30.1. The summed E-state index contributed by atoms with van der Waals surface area (Å²) in [5, 5.41) is 2.74. The maximum absolute atomic E-state index is 13.0. The average molecular weight is 511 g/mol. The zero-order valence-corrected chi connectivity index (χ0v) is 21.0. The SMILES string of the molecule is C#CCn1c(=NC(=O)c2ccc(S(=O)(=O)N3CCCCCC3)cc2)sc2cc(NC(C)=O)ccc21. The first kappa shape index (κ1) is 24.9. The largest absolute Gasteiger partial charge is 0.326 e. The van der Waals surface area contributed by atoms with E-state index in [9.17, 15) is 18.0 Å². The molecule has 1 saturated heterocycles. The fourth-order valence-electron chi connectivity index (χ4n) is 4.04. The average Bonchev–Trinajstić information content (AvgIpc) is 2.99. The van der Waals surface area contributed by atoms with Crippen molar-refractivity contribution in [1.29, 1.82) is 0 Å². The van der Waals surface area contributed by atoms with Gasteiger partial charge in [-0.25, -0.2) is 8.42 Å². The number of hydrogen-bond acceptors (Lipinski definition) is 5. The molecule has 8 nitrogen and oxygen atoms in total. The minimum atomic E-state index is -3.59. The number of terminal acetylenes is 1. The minimum absolute atomic E-state index is 0.172. The maximum Gasteiger partial charge on any atom is 0.279 e. The number of rotatable bonds is 5. The molecule has 0 atom stereocenters. The Bertz CT molecular complexity index is 1470. The van der Waals surface area contributed by atoms with Crippen molar-refractivity contribution in [1.82, 2.24) is 8.87 Å². The molecule has 3 aromatic rings. The number of amides is 2. The van der Waals surface area contributed by atoms with Gasteiger partial charge in [-0.3, -0.25) is 9.59 Å². The summed E-state index contributed by atoms with van der Waals surface area (Å²) in [6.45, 7) is 2.69. The molecule has 0 radical (unpaired) electrons. The Morgan fingerprint density at radius 2 is 1.77 bits per heavy atom. The third kappa shape index (κ3) is 5.53. The van der Waals surface area contributed by atoms with Crippen molar-refractivity contribution < 1.29 is 18.0 Å². The van der Waals surface area contributed by atoms with Crippen molar-refractivity contribution in [3.05, 3.63) is 52.8 Å². The zero-order valence-electron chi connectivity index (χ0n) is 19.4. The smallest absolute Gasteiger partial charge is 0.279 e. The summed E-state index contributed by atoms with van der Waals surface area (Å²) in [5.74, 6) is 1.90. The van der Waals surface area contributed by atoms with Gasteiger partial charge in [-0.05, 0) is 55.3 Å². The van der Waals surface area contributed by atoms with Crippen molar-refractivity contribution in [2.45, 2.75) is 44.0 Å². The Balaban J connectivity index is 1.64. The molecule has 1 fully saturated rings. The van der Waals surface area contributed by atoms with E-state index in [0.29, 0.717) is 23.6 Å². The first-order valence-corrected chi connectivity index (χ1v) is 13.6. The van der Waals surface area contributed by atoms with E-state index in [1.54, 1.807) is 16.7 Å². The number of sulfonamides is 1. The molecule has 1 N–H and O–H groups in total. The van der Waals surface area contributed by atoms with Crippen molar-refractivity contribution >= 4 is 49.1 Å². The number of hydrogen-bond donors (Lipinski definition) is 1. The van der Waals surface area contributed by atoms with Gasteiger partial charge < -0.3 is 9.88 Å². The van der Waals surface area contributed by atoms with E-state index in [4.69, 9.17) is 6.42 Å². The quantitative estimate of drug-likeness (QED) is 0.530. The lowest BCUT2D eigenvalue weighted by Crippen LogP contribution is -2.31. The highest BCUT2D eigenvalue weighted by atomic mass is 32.2. The summed E-state index contributed by atoms with van der Waals surface area (Å²) in [7, 11) is -3.59. The topological polar surface area (TPSA) is 101 Å². The van der Waals surface area contributed by atoms with E-state index >= 15 is 0 Å². The molecule has 0 aliphatic carbocycles. The second-order valence-corrected chi connectivity index (χ2v) is 11.2. The molecule has 0 saturated carbocycles. The van der Waals surface area contributed by atoms with Crippen LogP contribution in [0.2, 0.25) is 0 Å². The summed E-state index contributed by atoms with van der Waals surface area (Å²) in [6, 6.07) is 11.3. The molecule has 2 aromatic carbocycles. The molecule has 4 rings (SSSR count). The predicted octanol–water partition coefficient (Wildman–Crippen LogP) is 3.60.